The highest BCUT2D eigenvalue weighted by Crippen LogP contribution is 2.59. The SMILES string of the molecule is O=C1c2ccccc2C(=O)N1CCCC1(c2ccccc2)OC1c1ccccc1. The Morgan fingerprint density at radius 3 is 1.93 bits per heavy atom. The van der Waals surface area contributed by atoms with Gasteiger partial charge in [0.2, 0.25) is 0 Å². The summed E-state index contributed by atoms with van der Waals surface area (Å²) in [4.78, 5) is 26.6. The monoisotopic (exact) mass is 383 g/mol. The second kappa shape index (κ2) is 6.98. The van der Waals surface area contributed by atoms with Crippen LogP contribution in [-0.2, 0) is 10.3 Å². The van der Waals surface area contributed by atoms with Crippen molar-refractivity contribution in [3.8, 4) is 0 Å². The number of carbonyl (C=O) groups is 2. The van der Waals surface area contributed by atoms with Crippen molar-refractivity contribution < 1.29 is 14.3 Å². The van der Waals surface area contributed by atoms with E-state index >= 15 is 0 Å². The Balaban J connectivity index is 1.33. The van der Waals surface area contributed by atoms with Crippen LogP contribution in [-0.4, -0.2) is 23.3 Å². The number of epoxide rings is 1. The molecule has 2 heterocycles. The van der Waals surface area contributed by atoms with Crippen LogP contribution in [0.2, 0.25) is 0 Å². The smallest absolute Gasteiger partial charge is 0.261 e. The van der Waals surface area contributed by atoms with Crippen molar-refractivity contribution in [1.82, 2.24) is 4.90 Å². The second-order valence-electron chi connectivity index (χ2n) is 7.58. The van der Waals surface area contributed by atoms with Crippen LogP contribution in [0.15, 0.2) is 84.9 Å². The predicted molar refractivity (Wildman–Crippen MR) is 109 cm³/mol. The van der Waals surface area contributed by atoms with Crippen molar-refractivity contribution in [1.29, 1.82) is 0 Å². The third kappa shape index (κ3) is 2.97. The molecule has 0 N–H and O–H groups in total. The molecular formula is C25H21NO3. The van der Waals surface area contributed by atoms with Crippen LogP contribution < -0.4 is 0 Å². The highest BCUT2D eigenvalue weighted by atomic mass is 16.6. The number of amides is 2. The normalized spacial score (nSPS) is 22.6. The Bertz CT molecular complexity index is 1030. The van der Waals surface area contributed by atoms with Gasteiger partial charge in [0.25, 0.3) is 11.8 Å². The molecule has 2 amide bonds. The molecule has 0 aromatic heterocycles. The molecule has 3 aromatic rings. The van der Waals surface area contributed by atoms with E-state index in [1.54, 1.807) is 24.3 Å². The zero-order valence-electron chi connectivity index (χ0n) is 16.0. The lowest BCUT2D eigenvalue weighted by atomic mass is 9.88. The fraction of sp³-hybridized carbons (Fsp3) is 0.200. The molecule has 0 radical (unpaired) electrons. The first-order chi connectivity index (χ1) is 14.2. The largest absolute Gasteiger partial charge is 0.356 e. The zero-order valence-corrected chi connectivity index (χ0v) is 16.0. The minimum Gasteiger partial charge on any atom is -0.356 e. The summed E-state index contributed by atoms with van der Waals surface area (Å²) in [6, 6.07) is 27.4. The lowest BCUT2D eigenvalue weighted by Gasteiger charge is -2.17. The Morgan fingerprint density at radius 2 is 1.31 bits per heavy atom. The first-order valence-corrected chi connectivity index (χ1v) is 9.94. The minimum absolute atomic E-state index is 0.00622. The number of imide groups is 1. The number of carbonyl (C=O) groups excluding carboxylic acids is 2. The predicted octanol–water partition coefficient (Wildman–Crippen LogP) is 4.73. The summed E-state index contributed by atoms with van der Waals surface area (Å²) < 4.78 is 6.27. The van der Waals surface area contributed by atoms with Gasteiger partial charge in [0, 0.05) is 6.54 Å². The summed E-state index contributed by atoms with van der Waals surface area (Å²) in [5.74, 6) is -0.397. The van der Waals surface area contributed by atoms with Crippen molar-refractivity contribution in [3.05, 3.63) is 107 Å². The molecule has 5 rings (SSSR count). The van der Waals surface area contributed by atoms with E-state index < -0.39 is 5.60 Å². The van der Waals surface area contributed by atoms with Crippen LogP contribution in [0.1, 0.15) is 50.8 Å². The van der Waals surface area contributed by atoms with Crippen LogP contribution in [0.5, 0.6) is 0 Å². The maximum Gasteiger partial charge on any atom is 0.261 e. The number of ether oxygens (including phenoxy) is 1. The first kappa shape index (κ1) is 17.8. The van der Waals surface area contributed by atoms with Gasteiger partial charge in [0.05, 0.1) is 11.1 Å². The Hall–Kier alpha value is -3.24. The third-order valence-electron chi connectivity index (χ3n) is 5.87. The van der Waals surface area contributed by atoms with E-state index in [0.717, 1.165) is 17.5 Å². The fourth-order valence-corrected chi connectivity index (χ4v) is 4.36. The molecule has 2 aliphatic heterocycles. The van der Waals surface area contributed by atoms with E-state index in [2.05, 4.69) is 24.3 Å². The maximum atomic E-state index is 12.6. The van der Waals surface area contributed by atoms with Crippen LogP contribution in [0.4, 0.5) is 0 Å². The molecule has 0 spiro atoms. The van der Waals surface area contributed by atoms with E-state index in [1.165, 1.54) is 4.90 Å². The third-order valence-corrected chi connectivity index (χ3v) is 5.87. The van der Waals surface area contributed by atoms with E-state index in [1.807, 2.05) is 36.4 Å². The van der Waals surface area contributed by atoms with Crippen molar-refractivity contribution >= 4 is 11.8 Å². The van der Waals surface area contributed by atoms with Gasteiger partial charge in [0.1, 0.15) is 11.7 Å². The minimum atomic E-state index is -0.402. The van der Waals surface area contributed by atoms with Crippen molar-refractivity contribution in [3.63, 3.8) is 0 Å². The molecule has 2 aliphatic rings. The van der Waals surface area contributed by atoms with Gasteiger partial charge in [-0.15, -0.1) is 0 Å². The van der Waals surface area contributed by atoms with Crippen LogP contribution >= 0.6 is 0 Å². The number of hydrogen-bond donors (Lipinski definition) is 0. The van der Waals surface area contributed by atoms with E-state index in [0.29, 0.717) is 24.1 Å². The molecule has 0 aliphatic carbocycles. The lowest BCUT2D eigenvalue weighted by Crippen LogP contribution is -2.31. The molecule has 1 saturated heterocycles. The average molecular weight is 383 g/mol. The number of nitrogens with zero attached hydrogens (tertiary/aromatic N) is 1. The molecular weight excluding hydrogens is 362 g/mol. The molecule has 4 heteroatoms. The molecule has 144 valence electrons. The summed E-state index contributed by atoms with van der Waals surface area (Å²) in [6.45, 7) is 0.395. The van der Waals surface area contributed by atoms with Gasteiger partial charge in [-0.25, -0.2) is 0 Å². The summed E-state index contributed by atoms with van der Waals surface area (Å²) in [5, 5.41) is 0. The second-order valence-corrected chi connectivity index (χ2v) is 7.58. The maximum absolute atomic E-state index is 12.6. The average Bonchev–Trinajstić information content (AvgIpc) is 3.47. The summed E-state index contributed by atoms with van der Waals surface area (Å²) in [7, 11) is 0. The standard InChI is InChI=1S/C25H21NO3/c27-23-20-14-7-8-15-21(20)24(28)26(23)17-9-16-25(19-12-5-2-6-13-19)22(29-25)18-10-3-1-4-11-18/h1-8,10-15,22H,9,16-17H2. The highest BCUT2D eigenvalue weighted by molar-refractivity contribution is 6.21. The van der Waals surface area contributed by atoms with Gasteiger partial charge < -0.3 is 4.74 Å². The zero-order chi connectivity index (χ0) is 19.8. The van der Waals surface area contributed by atoms with Crippen LogP contribution in [0, 0.1) is 0 Å². The highest BCUT2D eigenvalue weighted by Gasteiger charge is 2.57. The first-order valence-electron chi connectivity index (χ1n) is 9.94. The number of hydrogen-bond acceptors (Lipinski definition) is 3. The lowest BCUT2D eigenvalue weighted by molar-refractivity contribution is 0.0647. The molecule has 2 atom stereocenters. The molecule has 0 bridgehead atoms. The van der Waals surface area contributed by atoms with Crippen LogP contribution in [0.3, 0.4) is 0 Å². The summed E-state index contributed by atoms with van der Waals surface area (Å²) >= 11 is 0. The molecule has 4 nitrogen and oxygen atoms in total. The van der Waals surface area contributed by atoms with Crippen LogP contribution in [0.25, 0.3) is 0 Å². The topological polar surface area (TPSA) is 49.9 Å². The molecule has 1 fully saturated rings. The Morgan fingerprint density at radius 1 is 0.759 bits per heavy atom. The fourth-order valence-electron chi connectivity index (χ4n) is 4.36. The Labute approximate surface area is 169 Å². The number of fused-ring (bicyclic) bond motifs is 1. The summed E-state index contributed by atoms with van der Waals surface area (Å²) in [6.07, 6.45) is 1.42. The molecule has 3 aromatic carbocycles. The quantitative estimate of drug-likeness (QED) is 0.457. The van der Waals surface area contributed by atoms with Gasteiger partial charge in [-0.1, -0.05) is 72.8 Å². The van der Waals surface area contributed by atoms with Crippen molar-refractivity contribution in [2.45, 2.75) is 24.5 Å². The molecule has 2 unspecified atom stereocenters. The Kier molecular flexibility index (Phi) is 4.29. The summed E-state index contributed by atoms with van der Waals surface area (Å²) in [5.41, 5.74) is 2.88. The van der Waals surface area contributed by atoms with Gasteiger partial charge >= 0.3 is 0 Å². The van der Waals surface area contributed by atoms with Gasteiger partial charge in [-0.05, 0) is 36.1 Å². The van der Waals surface area contributed by atoms with Crippen molar-refractivity contribution in [2.75, 3.05) is 6.54 Å². The molecule has 0 saturated carbocycles. The van der Waals surface area contributed by atoms with Gasteiger partial charge in [-0.3, -0.25) is 14.5 Å². The van der Waals surface area contributed by atoms with Crippen molar-refractivity contribution in [2.24, 2.45) is 0 Å². The number of benzene rings is 3. The number of rotatable bonds is 6. The van der Waals surface area contributed by atoms with Gasteiger partial charge in [0.15, 0.2) is 0 Å². The van der Waals surface area contributed by atoms with Gasteiger partial charge in [-0.2, -0.15) is 0 Å². The van der Waals surface area contributed by atoms with E-state index in [-0.39, 0.29) is 17.9 Å². The van der Waals surface area contributed by atoms with E-state index in [4.69, 9.17) is 4.74 Å². The van der Waals surface area contributed by atoms with E-state index in [9.17, 15) is 9.59 Å². The molecule has 29 heavy (non-hydrogen) atoms.